The number of hydrogen-bond donors (Lipinski definition) is 2. The minimum Gasteiger partial charge on any atom is -0.496 e. The van der Waals surface area contributed by atoms with Crippen molar-refractivity contribution in [3.63, 3.8) is 0 Å². The molecule has 0 spiro atoms. The molecule has 0 heterocycles. The summed E-state index contributed by atoms with van der Waals surface area (Å²) >= 11 is 0. The number of nitrogens with one attached hydrogen (secondary N) is 2. The van der Waals surface area contributed by atoms with Gasteiger partial charge in [0.1, 0.15) is 5.75 Å². The van der Waals surface area contributed by atoms with E-state index in [0.29, 0.717) is 6.42 Å². The number of hydrogen-bond acceptors (Lipinski definition) is 3. The number of benzene rings is 2. The zero-order chi connectivity index (χ0) is 16.5. The number of carbonyl (C=O) groups is 1. The van der Waals surface area contributed by atoms with Crippen LogP contribution in [-0.2, 0) is 11.2 Å². The minimum atomic E-state index is 0.0596. The third kappa shape index (κ3) is 5.33. The molecule has 0 aromatic heterocycles. The van der Waals surface area contributed by atoms with Crippen LogP contribution in [0, 0.1) is 0 Å². The second kappa shape index (κ2) is 8.83. The highest BCUT2D eigenvalue weighted by Crippen LogP contribution is 2.18. The lowest BCUT2D eigenvalue weighted by Gasteiger charge is -2.10. The lowest BCUT2D eigenvalue weighted by atomic mass is 10.1. The number of anilines is 2. The van der Waals surface area contributed by atoms with Crippen molar-refractivity contribution in [1.29, 1.82) is 0 Å². The predicted molar refractivity (Wildman–Crippen MR) is 95.2 cm³/mol. The number of methoxy groups -OCH3 is 1. The Kier molecular flexibility index (Phi) is 6.48. The van der Waals surface area contributed by atoms with Crippen LogP contribution in [0.3, 0.4) is 0 Å². The third-order valence-electron chi connectivity index (χ3n) is 3.56. The van der Waals surface area contributed by atoms with Gasteiger partial charge in [0.2, 0.25) is 5.91 Å². The van der Waals surface area contributed by atoms with Crippen molar-refractivity contribution in [2.45, 2.75) is 26.2 Å². The van der Waals surface area contributed by atoms with Crippen molar-refractivity contribution in [2.24, 2.45) is 0 Å². The Morgan fingerprint density at radius 3 is 2.43 bits per heavy atom. The molecule has 2 aromatic rings. The summed E-state index contributed by atoms with van der Waals surface area (Å²) in [4.78, 5) is 11.5. The molecule has 0 fully saturated rings. The van der Waals surface area contributed by atoms with Gasteiger partial charge in [-0.05, 0) is 48.7 Å². The first-order valence-corrected chi connectivity index (χ1v) is 7.98. The van der Waals surface area contributed by atoms with Crippen molar-refractivity contribution in [2.75, 3.05) is 24.3 Å². The Labute approximate surface area is 137 Å². The smallest absolute Gasteiger partial charge is 0.224 e. The van der Waals surface area contributed by atoms with Gasteiger partial charge in [-0.3, -0.25) is 4.79 Å². The van der Waals surface area contributed by atoms with E-state index in [9.17, 15) is 4.79 Å². The maximum atomic E-state index is 11.5. The molecular weight excluding hydrogens is 288 g/mol. The van der Waals surface area contributed by atoms with E-state index in [1.54, 1.807) is 7.11 Å². The highest BCUT2D eigenvalue weighted by atomic mass is 16.5. The molecule has 0 aliphatic carbocycles. The average molecular weight is 312 g/mol. The van der Waals surface area contributed by atoms with E-state index in [-0.39, 0.29) is 5.91 Å². The Hall–Kier alpha value is -2.49. The van der Waals surface area contributed by atoms with Crippen LogP contribution in [0.25, 0.3) is 0 Å². The maximum absolute atomic E-state index is 11.5. The summed E-state index contributed by atoms with van der Waals surface area (Å²) in [5.74, 6) is 0.979. The Morgan fingerprint density at radius 1 is 1.04 bits per heavy atom. The lowest BCUT2D eigenvalue weighted by Crippen LogP contribution is -2.10. The van der Waals surface area contributed by atoms with Crippen LogP contribution in [0.5, 0.6) is 5.75 Å². The summed E-state index contributed by atoms with van der Waals surface area (Å²) in [6, 6.07) is 15.8. The number of amides is 1. The fraction of sp³-hybridized carbons (Fsp3) is 0.316. The molecule has 0 atom stereocenters. The van der Waals surface area contributed by atoms with Gasteiger partial charge in [-0.1, -0.05) is 25.1 Å². The Bertz CT molecular complexity index is 624. The first kappa shape index (κ1) is 16.9. The summed E-state index contributed by atoms with van der Waals surface area (Å²) in [5, 5.41) is 6.27. The summed E-state index contributed by atoms with van der Waals surface area (Å²) in [7, 11) is 1.69. The molecule has 2 N–H and O–H groups in total. The van der Waals surface area contributed by atoms with Gasteiger partial charge in [-0.15, -0.1) is 0 Å². The molecule has 23 heavy (non-hydrogen) atoms. The van der Waals surface area contributed by atoms with E-state index < -0.39 is 0 Å². The highest BCUT2D eigenvalue weighted by Gasteiger charge is 2.02. The SMILES string of the molecule is CCCC(=O)Nc1ccc(NCCc2ccccc2OC)cc1. The van der Waals surface area contributed by atoms with E-state index in [2.05, 4.69) is 16.7 Å². The number of rotatable bonds is 8. The molecule has 0 saturated heterocycles. The van der Waals surface area contributed by atoms with Crippen molar-refractivity contribution in [3.8, 4) is 5.75 Å². The van der Waals surface area contributed by atoms with Gasteiger partial charge in [0.15, 0.2) is 0 Å². The molecule has 122 valence electrons. The predicted octanol–water partition coefficient (Wildman–Crippen LogP) is 4.09. The standard InChI is InChI=1S/C19H24N2O2/c1-3-6-19(22)21-17-11-9-16(10-12-17)20-14-13-15-7-4-5-8-18(15)23-2/h4-5,7-12,20H,3,6,13-14H2,1-2H3,(H,21,22). The zero-order valence-electron chi connectivity index (χ0n) is 13.8. The molecule has 0 radical (unpaired) electrons. The van der Waals surface area contributed by atoms with Crippen LogP contribution in [0.1, 0.15) is 25.3 Å². The van der Waals surface area contributed by atoms with E-state index in [4.69, 9.17) is 4.74 Å². The van der Waals surface area contributed by atoms with Gasteiger partial charge in [-0.2, -0.15) is 0 Å². The van der Waals surface area contributed by atoms with Crippen molar-refractivity contribution >= 4 is 17.3 Å². The molecule has 0 bridgehead atoms. The molecule has 0 aliphatic rings. The average Bonchev–Trinajstić information content (AvgIpc) is 2.57. The van der Waals surface area contributed by atoms with Crippen LogP contribution >= 0.6 is 0 Å². The molecular formula is C19H24N2O2. The third-order valence-corrected chi connectivity index (χ3v) is 3.56. The lowest BCUT2D eigenvalue weighted by molar-refractivity contribution is -0.116. The molecule has 0 aliphatic heterocycles. The second-order valence-corrected chi connectivity index (χ2v) is 5.36. The van der Waals surface area contributed by atoms with E-state index >= 15 is 0 Å². The molecule has 1 amide bonds. The first-order chi connectivity index (χ1) is 11.2. The van der Waals surface area contributed by atoms with Crippen molar-refractivity contribution < 1.29 is 9.53 Å². The summed E-state index contributed by atoms with van der Waals surface area (Å²) < 4.78 is 5.35. The molecule has 2 aromatic carbocycles. The van der Waals surface area contributed by atoms with Crippen LogP contribution in [0.15, 0.2) is 48.5 Å². The van der Waals surface area contributed by atoms with Crippen LogP contribution in [0.2, 0.25) is 0 Å². The van der Waals surface area contributed by atoms with Crippen molar-refractivity contribution in [3.05, 3.63) is 54.1 Å². The topological polar surface area (TPSA) is 50.4 Å². The van der Waals surface area contributed by atoms with Gasteiger partial charge in [0, 0.05) is 24.3 Å². The highest BCUT2D eigenvalue weighted by molar-refractivity contribution is 5.90. The largest absolute Gasteiger partial charge is 0.496 e. The molecule has 0 saturated carbocycles. The van der Waals surface area contributed by atoms with Gasteiger partial charge in [0.25, 0.3) is 0 Å². The van der Waals surface area contributed by atoms with E-state index in [0.717, 1.165) is 36.5 Å². The Morgan fingerprint density at radius 2 is 1.74 bits per heavy atom. The Balaban J connectivity index is 1.83. The maximum Gasteiger partial charge on any atom is 0.224 e. The van der Waals surface area contributed by atoms with Gasteiger partial charge < -0.3 is 15.4 Å². The summed E-state index contributed by atoms with van der Waals surface area (Å²) in [5.41, 5.74) is 3.05. The number of carbonyl (C=O) groups excluding carboxylic acids is 1. The van der Waals surface area contributed by atoms with Crippen LogP contribution in [0.4, 0.5) is 11.4 Å². The van der Waals surface area contributed by atoms with Crippen LogP contribution < -0.4 is 15.4 Å². The fourth-order valence-corrected chi connectivity index (χ4v) is 2.37. The summed E-state index contributed by atoms with van der Waals surface area (Å²) in [6.45, 7) is 2.82. The number of para-hydroxylation sites is 1. The molecule has 4 heteroatoms. The zero-order valence-corrected chi connectivity index (χ0v) is 13.8. The van der Waals surface area contributed by atoms with Crippen molar-refractivity contribution in [1.82, 2.24) is 0 Å². The van der Waals surface area contributed by atoms with Crippen LogP contribution in [-0.4, -0.2) is 19.6 Å². The summed E-state index contributed by atoms with van der Waals surface area (Å²) in [6.07, 6.45) is 2.30. The second-order valence-electron chi connectivity index (χ2n) is 5.36. The quantitative estimate of drug-likeness (QED) is 0.772. The normalized spacial score (nSPS) is 10.2. The number of ether oxygens (including phenoxy) is 1. The molecule has 4 nitrogen and oxygen atoms in total. The van der Waals surface area contributed by atoms with E-state index in [1.807, 2.05) is 49.4 Å². The van der Waals surface area contributed by atoms with Gasteiger partial charge in [0.05, 0.1) is 7.11 Å². The van der Waals surface area contributed by atoms with Gasteiger partial charge in [-0.25, -0.2) is 0 Å². The fourth-order valence-electron chi connectivity index (χ4n) is 2.37. The minimum absolute atomic E-state index is 0.0596. The molecule has 2 rings (SSSR count). The first-order valence-electron chi connectivity index (χ1n) is 7.98. The van der Waals surface area contributed by atoms with E-state index in [1.165, 1.54) is 5.56 Å². The molecule has 0 unspecified atom stereocenters. The van der Waals surface area contributed by atoms with Gasteiger partial charge >= 0.3 is 0 Å². The monoisotopic (exact) mass is 312 g/mol.